The van der Waals surface area contributed by atoms with Crippen molar-refractivity contribution >= 4 is 57.5 Å². The second kappa shape index (κ2) is 10.9. The van der Waals surface area contributed by atoms with Gasteiger partial charge in [-0.15, -0.1) is 47.5 Å². The number of thiazole rings is 1. The highest BCUT2D eigenvalue weighted by Crippen LogP contribution is 2.31. The van der Waals surface area contributed by atoms with Crippen LogP contribution in [0.15, 0.2) is 21.7 Å². The van der Waals surface area contributed by atoms with E-state index >= 15 is 0 Å². The molecule has 2 N–H and O–H groups in total. The molecule has 1 saturated heterocycles. The Morgan fingerprint density at radius 2 is 2.00 bits per heavy atom. The molecule has 1 fully saturated rings. The first-order valence-corrected chi connectivity index (χ1v) is 11.2. The van der Waals surface area contributed by atoms with Crippen LogP contribution in [-0.2, 0) is 10.0 Å². The average Bonchev–Trinajstić information content (AvgIpc) is 3.22. The molecular weight excluding hydrogens is 435 g/mol. The fourth-order valence-corrected chi connectivity index (χ4v) is 5.67. The Morgan fingerprint density at radius 1 is 1.27 bits per heavy atom. The van der Waals surface area contributed by atoms with Crippen LogP contribution >= 0.6 is 47.5 Å². The Kier molecular flexibility index (Phi) is 9.98. The van der Waals surface area contributed by atoms with Crippen LogP contribution in [0.2, 0.25) is 0 Å². The molecular formula is C15H24Cl2N4O2S3. The van der Waals surface area contributed by atoms with Crippen LogP contribution in [-0.4, -0.2) is 57.6 Å². The van der Waals surface area contributed by atoms with E-state index in [0.29, 0.717) is 10.8 Å². The maximum atomic E-state index is 12.4. The van der Waals surface area contributed by atoms with E-state index in [2.05, 4.69) is 19.9 Å². The molecule has 3 rings (SSSR count). The van der Waals surface area contributed by atoms with E-state index in [1.807, 2.05) is 18.4 Å². The van der Waals surface area contributed by atoms with Gasteiger partial charge >= 0.3 is 0 Å². The first-order valence-electron chi connectivity index (χ1n) is 8.00. The normalized spacial score (nSPS) is 15.3. The maximum Gasteiger partial charge on any atom is 0.250 e. The van der Waals surface area contributed by atoms with Crippen molar-refractivity contribution in [2.75, 3.05) is 39.3 Å². The summed E-state index contributed by atoms with van der Waals surface area (Å²) in [5.74, 6) is 0. The Hall–Kier alpha value is -0.260. The van der Waals surface area contributed by atoms with Gasteiger partial charge in [-0.1, -0.05) is 0 Å². The zero-order valence-corrected chi connectivity index (χ0v) is 18.5. The second-order valence-electron chi connectivity index (χ2n) is 5.71. The fourth-order valence-electron chi connectivity index (χ4n) is 2.59. The molecule has 3 heterocycles. The SMILES string of the molecule is Cc1nc(-c2ccc(S(=O)(=O)NCCCN3CCNCC3)s2)cs1.Cl.Cl. The lowest BCUT2D eigenvalue weighted by Crippen LogP contribution is -2.44. The van der Waals surface area contributed by atoms with Gasteiger partial charge in [-0.05, 0) is 32.0 Å². The fraction of sp³-hybridized carbons (Fsp3) is 0.533. The van der Waals surface area contributed by atoms with Gasteiger partial charge in [0.2, 0.25) is 10.0 Å². The molecule has 1 aliphatic heterocycles. The minimum Gasteiger partial charge on any atom is -0.314 e. The van der Waals surface area contributed by atoms with Crippen molar-refractivity contribution in [3.63, 3.8) is 0 Å². The molecule has 0 atom stereocenters. The van der Waals surface area contributed by atoms with Gasteiger partial charge in [-0.3, -0.25) is 0 Å². The molecule has 11 heteroatoms. The summed E-state index contributed by atoms with van der Waals surface area (Å²) < 4.78 is 27.8. The molecule has 0 amide bonds. The molecule has 6 nitrogen and oxygen atoms in total. The van der Waals surface area contributed by atoms with Crippen LogP contribution in [0.1, 0.15) is 11.4 Å². The molecule has 2 aromatic rings. The Labute approximate surface area is 175 Å². The van der Waals surface area contributed by atoms with E-state index in [-0.39, 0.29) is 24.8 Å². The molecule has 0 saturated carbocycles. The van der Waals surface area contributed by atoms with Gasteiger partial charge in [0.05, 0.1) is 15.6 Å². The summed E-state index contributed by atoms with van der Waals surface area (Å²) in [6, 6.07) is 3.49. The van der Waals surface area contributed by atoms with Crippen molar-refractivity contribution in [1.82, 2.24) is 19.9 Å². The third-order valence-corrected chi connectivity index (χ3v) is 7.70. The molecule has 1 aliphatic rings. The van der Waals surface area contributed by atoms with Gasteiger partial charge in [0.15, 0.2) is 0 Å². The van der Waals surface area contributed by atoms with Crippen LogP contribution in [0.5, 0.6) is 0 Å². The summed E-state index contributed by atoms with van der Waals surface area (Å²) in [5.41, 5.74) is 0.850. The predicted octanol–water partition coefficient (Wildman–Crippen LogP) is 2.60. The molecule has 148 valence electrons. The molecule has 0 aliphatic carbocycles. The quantitative estimate of drug-likeness (QED) is 0.623. The maximum absolute atomic E-state index is 12.4. The molecule has 0 unspecified atom stereocenters. The molecule has 0 aromatic carbocycles. The van der Waals surface area contributed by atoms with E-state index in [1.165, 1.54) is 11.3 Å². The van der Waals surface area contributed by atoms with Crippen LogP contribution < -0.4 is 10.0 Å². The molecule has 2 aromatic heterocycles. The number of hydrogen-bond acceptors (Lipinski definition) is 7. The molecule has 26 heavy (non-hydrogen) atoms. The van der Waals surface area contributed by atoms with Gasteiger partial charge in [0, 0.05) is 38.1 Å². The van der Waals surface area contributed by atoms with E-state index in [4.69, 9.17) is 0 Å². The molecule has 0 radical (unpaired) electrons. The lowest BCUT2D eigenvalue weighted by molar-refractivity contribution is 0.239. The highest BCUT2D eigenvalue weighted by molar-refractivity contribution is 7.91. The second-order valence-corrected chi connectivity index (χ2v) is 9.85. The number of sulfonamides is 1. The molecule has 0 spiro atoms. The van der Waals surface area contributed by atoms with E-state index in [0.717, 1.165) is 54.7 Å². The number of rotatable bonds is 7. The van der Waals surface area contributed by atoms with Crippen molar-refractivity contribution in [3.8, 4) is 10.6 Å². The predicted molar refractivity (Wildman–Crippen MR) is 114 cm³/mol. The summed E-state index contributed by atoms with van der Waals surface area (Å²) >= 11 is 2.84. The number of piperazine rings is 1. The van der Waals surface area contributed by atoms with E-state index in [1.54, 1.807) is 17.4 Å². The van der Waals surface area contributed by atoms with Crippen molar-refractivity contribution in [1.29, 1.82) is 0 Å². The monoisotopic (exact) mass is 458 g/mol. The standard InChI is InChI=1S/C15H22N4O2S3.2ClH/c1-12-18-13(11-22-12)14-3-4-15(23-14)24(20,21)17-5-2-8-19-9-6-16-7-10-19;;/h3-4,11,16-17H,2,5-10H2,1H3;2*1H. The molecule has 0 bridgehead atoms. The van der Waals surface area contributed by atoms with Gasteiger partial charge in [-0.25, -0.2) is 18.1 Å². The minimum absolute atomic E-state index is 0. The van der Waals surface area contributed by atoms with Crippen molar-refractivity contribution in [2.45, 2.75) is 17.6 Å². The largest absolute Gasteiger partial charge is 0.314 e. The Bertz CT molecular complexity index is 773. The van der Waals surface area contributed by atoms with Gasteiger partial charge < -0.3 is 10.2 Å². The first kappa shape index (κ1) is 23.8. The third kappa shape index (κ3) is 6.42. The summed E-state index contributed by atoms with van der Waals surface area (Å²) in [7, 11) is -3.43. The van der Waals surface area contributed by atoms with Crippen LogP contribution in [0, 0.1) is 6.92 Å². The number of thiophene rings is 1. The third-order valence-electron chi connectivity index (χ3n) is 3.87. The summed E-state index contributed by atoms with van der Waals surface area (Å²) in [4.78, 5) is 7.66. The van der Waals surface area contributed by atoms with Gasteiger partial charge in [0.1, 0.15) is 4.21 Å². The Morgan fingerprint density at radius 3 is 2.65 bits per heavy atom. The number of aryl methyl sites for hydroxylation is 1. The number of aromatic nitrogens is 1. The lowest BCUT2D eigenvalue weighted by Gasteiger charge is -2.26. The van der Waals surface area contributed by atoms with Gasteiger partial charge in [0.25, 0.3) is 0 Å². The van der Waals surface area contributed by atoms with Crippen LogP contribution in [0.3, 0.4) is 0 Å². The summed E-state index contributed by atoms with van der Waals surface area (Å²) in [6.07, 6.45) is 0.822. The minimum atomic E-state index is -3.43. The highest BCUT2D eigenvalue weighted by atomic mass is 35.5. The van der Waals surface area contributed by atoms with Gasteiger partial charge in [-0.2, -0.15) is 0 Å². The number of hydrogen-bond donors (Lipinski definition) is 2. The van der Waals surface area contributed by atoms with Crippen LogP contribution in [0.25, 0.3) is 10.6 Å². The van der Waals surface area contributed by atoms with E-state index in [9.17, 15) is 8.42 Å². The number of halogens is 2. The van der Waals surface area contributed by atoms with E-state index < -0.39 is 10.0 Å². The van der Waals surface area contributed by atoms with Crippen molar-refractivity contribution < 1.29 is 8.42 Å². The average molecular weight is 459 g/mol. The van der Waals surface area contributed by atoms with Crippen molar-refractivity contribution in [3.05, 3.63) is 22.5 Å². The smallest absolute Gasteiger partial charge is 0.250 e. The summed E-state index contributed by atoms with van der Waals surface area (Å²) in [5, 5.41) is 6.25. The lowest BCUT2D eigenvalue weighted by atomic mass is 10.3. The van der Waals surface area contributed by atoms with Crippen LogP contribution in [0.4, 0.5) is 0 Å². The highest BCUT2D eigenvalue weighted by Gasteiger charge is 2.18. The summed E-state index contributed by atoms with van der Waals surface area (Å²) in [6.45, 7) is 7.44. The topological polar surface area (TPSA) is 74.3 Å². The number of nitrogens with one attached hydrogen (secondary N) is 2. The number of nitrogens with zero attached hydrogens (tertiary/aromatic N) is 2. The zero-order valence-electron chi connectivity index (χ0n) is 14.4. The Balaban J connectivity index is 0.00000169. The first-order chi connectivity index (χ1) is 11.5. The zero-order chi connectivity index (χ0) is 17.0. The van der Waals surface area contributed by atoms with Crippen molar-refractivity contribution in [2.24, 2.45) is 0 Å².